The Kier molecular flexibility index (Phi) is 5.39. The maximum absolute atomic E-state index is 14.0. The Hall–Kier alpha value is -3.85. The Bertz CT molecular complexity index is 1600. The predicted molar refractivity (Wildman–Crippen MR) is 141 cm³/mol. The molecule has 4 aromatic heterocycles. The molecule has 0 aliphatic heterocycles. The van der Waals surface area contributed by atoms with Crippen molar-refractivity contribution >= 4 is 22.5 Å². The van der Waals surface area contributed by atoms with Crippen molar-refractivity contribution in [3.63, 3.8) is 0 Å². The van der Waals surface area contributed by atoms with Gasteiger partial charge in [0.05, 0.1) is 12.4 Å². The monoisotopic (exact) mass is 496 g/mol. The van der Waals surface area contributed by atoms with E-state index in [0.717, 1.165) is 42.9 Å². The van der Waals surface area contributed by atoms with E-state index in [4.69, 9.17) is 9.97 Å². The normalized spacial score (nSPS) is 18.3. The predicted octanol–water partition coefficient (Wildman–Crippen LogP) is 4.84. The Balaban J connectivity index is 1.26. The lowest BCUT2D eigenvalue weighted by molar-refractivity contribution is 0.550. The van der Waals surface area contributed by atoms with E-state index in [9.17, 15) is 4.39 Å². The van der Waals surface area contributed by atoms with E-state index in [0.29, 0.717) is 17.3 Å². The lowest BCUT2D eigenvalue weighted by atomic mass is 9.91. The van der Waals surface area contributed by atoms with Gasteiger partial charge in [0.2, 0.25) is 5.95 Å². The van der Waals surface area contributed by atoms with E-state index < -0.39 is 5.82 Å². The van der Waals surface area contributed by atoms with Crippen molar-refractivity contribution in [3.8, 4) is 11.4 Å². The van der Waals surface area contributed by atoms with Gasteiger partial charge in [-0.05, 0) is 69.2 Å². The van der Waals surface area contributed by atoms with Crippen molar-refractivity contribution in [3.05, 3.63) is 71.6 Å². The second-order valence-corrected chi connectivity index (χ2v) is 10.4. The number of hydrogen-bond donors (Lipinski definition) is 3. The number of anilines is 1. The Morgan fingerprint density at radius 3 is 2.89 bits per heavy atom. The molecule has 0 amide bonds. The summed E-state index contributed by atoms with van der Waals surface area (Å²) < 4.78 is 15.8. The number of aromatic amines is 1. The minimum absolute atomic E-state index is 0.0859. The maximum Gasteiger partial charge on any atom is 0.228 e. The highest BCUT2D eigenvalue weighted by atomic mass is 19.1. The second-order valence-electron chi connectivity index (χ2n) is 10.4. The fraction of sp³-hybridized carbons (Fsp3) is 0.357. The van der Waals surface area contributed by atoms with Gasteiger partial charge < -0.3 is 15.6 Å². The molecule has 4 heterocycles. The van der Waals surface area contributed by atoms with E-state index in [1.807, 2.05) is 6.20 Å². The summed E-state index contributed by atoms with van der Waals surface area (Å²) >= 11 is 0. The number of rotatable bonds is 7. The number of halogens is 1. The molecule has 1 aromatic carbocycles. The summed E-state index contributed by atoms with van der Waals surface area (Å²) in [5.74, 6) is 1.40. The summed E-state index contributed by atoms with van der Waals surface area (Å²) in [6.07, 6.45) is 10.1. The Morgan fingerprint density at radius 2 is 2.03 bits per heavy atom. The molecule has 0 spiro atoms. The van der Waals surface area contributed by atoms with Gasteiger partial charge in [-0.1, -0.05) is 18.2 Å². The molecule has 0 bridgehead atoms. The number of para-hydroxylation sites is 1. The number of aromatic nitrogens is 6. The van der Waals surface area contributed by atoms with Crippen molar-refractivity contribution in [2.24, 2.45) is 5.92 Å². The van der Waals surface area contributed by atoms with Crippen molar-refractivity contribution in [1.29, 1.82) is 0 Å². The zero-order chi connectivity index (χ0) is 24.9. The standard InChI is InChI=1S/C28H29FN8/c1-16(31-12-17-6-7-17)23-15-32-37-27(23)35-26(18-10-19(29)14-30-13-18)36-28(37)33-20-8-9-25-22(11-20)21-4-2-3-5-24(21)34-25/h2-5,10,13-17,20,31,34H,6-9,11-12H2,1H3,(H,33,35,36)/t16-,20?/m1/s1. The van der Waals surface area contributed by atoms with Crippen LogP contribution < -0.4 is 10.6 Å². The second kappa shape index (κ2) is 8.92. The van der Waals surface area contributed by atoms with Crippen LogP contribution in [0.25, 0.3) is 27.9 Å². The zero-order valence-electron chi connectivity index (χ0n) is 20.7. The molecule has 2 aliphatic carbocycles. The van der Waals surface area contributed by atoms with Gasteiger partial charge in [0.15, 0.2) is 11.5 Å². The molecule has 37 heavy (non-hydrogen) atoms. The third kappa shape index (κ3) is 4.23. The van der Waals surface area contributed by atoms with Gasteiger partial charge in [0, 0.05) is 46.0 Å². The largest absolute Gasteiger partial charge is 0.358 e. The average Bonchev–Trinajstić information content (AvgIpc) is 3.53. The molecule has 1 saturated carbocycles. The molecule has 188 valence electrons. The first-order valence-electron chi connectivity index (χ1n) is 13.1. The molecule has 1 fully saturated rings. The maximum atomic E-state index is 14.0. The smallest absolute Gasteiger partial charge is 0.228 e. The highest BCUT2D eigenvalue weighted by molar-refractivity contribution is 5.85. The highest BCUT2D eigenvalue weighted by Crippen LogP contribution is 2.32. The minimum atomic E-state index is -0.414. The fourth-order valence-electron chi connectivity index (χ4n) is 5.41. The van der Waals surface area contributed by atoms with Crippen LogP contribution in [0.4, 0.5) is 10.3 Å². The Morgan fingerprint density at radius 1 is 1.14 bits per heavy atom. The number of nitrogens with one attached hydrogen (secondary N) is 3. The van der Waals surface area contributed by atoms with Crippen molar-refractivity contribution in [2.45, 2.75) is 51.1 Å². The number of benzene rings is 1. The molecular weight excluding hydrogens is 467 g/mol. The van der Waals surface area contributed by atoms with E-state index in [-0.39, 0.29) is 12.1 Å². The number of nitrogens with zero attached hydrogens (tertiary/aromatic N) is 5. The van der Waals surface area contributed by atoms with Crippen molar-refractivity contribution < 1.29 is 4.39 Å². The molecule has 8 nitrogen and oxygen atoms in total. The van der Waals surface area contributed by atoms with E-state index in [2.05, 4.69) is 56.9 Å². The molecule has 9 heteroatoms. The third-order valence-electron chi connectivity index (χ3n) is 7.66. The minimum Gasteiger partial charge on any atom is -0.358 e. The van der Waals surface area contributed by atoms with Gasteiger partial charge in [-0.15, -0.1) is 0 Å². The first kappa shape index (κ1) is 22.4. The van der Waals surface area contributed by atoms with Gasteiger partial charge in [-0.25, -0.2) is 9.37 Å². The van der Waals surface area contributed by atoms with Crippen LogP contribution in [0.5, 0.6) is 0 Å². The summed E-state index contributed by atoms with van der Waals surface area (Å²) in [6.45, 7) is 3.13. The SMILES string of the molecule is C[C@@H](NCC1CC1)c1cnn2c(NC3CCc4[nH]c5ccccc5c4C3)nc(-c3cncc(F)c3)nc12. The van der Waals surface area contributed by atoms with Crippen LogP contribution in [0.15, 0.2) is 48.9 Å². The summed E-state index contributed by atoms with van der Waals surface area (Å²) in [5, 5.41) is 13.2. The summed E-state index contributed by atoms with van der Waals surface area (Å²) in [5.41, 5.74) is 6.12. The van der Waals surface area contributed by atoms with Crippen molar-refractivity contribution in [2.75, 3.05) is 11.9 Å². The van der Waals surface area contributed by atoms with E-state index in [1.165, 1.54) is 47.3 Å². The fourth-order valence-corrected chi connectivity index (χ4v) is 5.41. The molecule has 2 atom stereocenters. The molecule has 0 radical (unpaired) electrons. The number of pyridine rings is 1. The van der Waals surface area contributed by atoms with Gasteiger partial charge in [0.25, 0.3) is 0 Å². The van der Waals surface area contributed by atoms with E-state index in [1.54, 1.807) is 10.7 Å². The average molecular weight is 497 g/mol. The van der Waals surface area contributed by atoms with Crippen LogP contribution in [0.3, 0.4) is 0 Å². The topological polar surface area (TPSA) is 95.8 Å². The molecule has 2 aliphatic rings. The number of H-pyrrole nitrogens is 1. The van der Waals surface area contributed by atoms with E-state index >= 15 is 0 Å². The first-order chi connectivity index (χ1) is 18.1. The van der Waals surface area contributed by atoms with Gasteiger partial charge in [-0.2, -0.15) is 14.6 Å². The zero-order valence-corrected chi connectivity index (χ0v) is 20.7. The van der Waals surface area contributed by atoms with Crippen LogP contribution in [-0.4, -0.2) is 42.1 Å². The molecule has 1 unspecified atom stereocenters. The van der Waals surface area contributed by atoms with Crippen LogP contribution in [0.2, 0.25) is 0 Å². The number of aryl methyl sites for hydroxylation is 1. The lowest BCUT2D eigenvalue weighted by Gasteiger charge is -2.24. The molecule has 0 saturated heterocycles. The van der Waals surface area contributed by atoms with Gasteiger partial charge in [-0.3, -0.25) is 4.98 Å². The van der Waals surface area contributed by atoms with Crippen LogP contribution in [0.1, 0.15) is 49.0 Å². The highest BCUT2D eigenvalue weighted by Gasteiger charge is 2.26. The van der Waals surface area contributed by atoms with Gasteiger partial charge in [0.1, 0.15) is 5.82 Å². The third-order valence-corrected chi connectivity index (χ3v) is 7.66. The Labute approximate surface area is 213 Å². The quantitative estimate of drug-likeness (QED) is 0.299. The lowest BCUT2D eigenvalue weighted by Crippen LogP contribution is -2.29. The van der Waals surface area contributed by atoms with Crippen molar-refractivity contribution in [1.82, 2.24) is 34.9 Å². The summed E-state index contributed by atoms with van der Waals surface area (Å²) in [6, 6.07) is 10.2. The molecular formula is C28H29FN8. The first-order valence-corrected chi connectivity index (χ1v) is 13.1. The van der Waals surface area contributed by atoms with Crippen LogP contribution in [0, 0.1) is 11.7 Å². The summed E-state index contributed by atoms with van der Waals surface area (Å²) in [7, 11) is 0. The number of hydrogen-bond acceptors (Lipinski definition) is 6. The van der Waals surface area contributed by atoms with Crippen LogP contribution >= 0.6 is 0 Å². The van der Waals surface area contributed by atoms with Crippen LogP contribution in [-0.2, 0) is 12.8 Å². The summed E-state index contributed by atoms with van der Waals surface area (Å²) in [4.78, 5) is 17.2. The molecule has 3 N–H and O–H groups in total. The molecule has 7 rings (SSSR count). The number of fused-ring (bicyclic) bond motifs is 4. The van der Waals surface area contributed by atoms with Gasteiger partial charge >= 0.3 is 0 Å². The molecule has 5 aromatic rings.